The Kier molecular flexibility index (Phi) is 1.68. The van der Waals surface area contributed by atoms with Crippen molar-refractivity contribution in [2.45, 2.75) is 46.0 Å². The molecule has 80 valence electrons. The quantitative estimate of drug-likeness (QED) is 0.717. The van der Waals surface area contributed by atoms with Gasteiger partial charge in [0.2, 0.25) is 0 Å². The van der Waals surface area contributed by atoms with Crippen molar-refractivity contribution in [1.82, 2.24) is 0 Å². The van der Waals surface area contributed by atoms with E-state index in [1.807, 2.05) is 0 Å². The summed E-state index contributed by atoms with van der Waals surface area (Å²) in [5.74, 6) is 3.03. The van der Waals surface area contributed by atoms with E-state index < -0.39 is 0 Å². The van der Waals surface area contributed by atoms with Crippen molar-refractivity contribution < 1.29 is 0 Å². The maximum absolute atomic E-state index is 5.97. The van der Waals surface area contributed by atoms with Gasteiger partial charge in [-0.05, 0) is 67.2 Å². The lowest BCUT2D eigenvalue weighted by molar-refractivity contribution is -0.124. The van der Waals surface area contributed by atoms with Gasteiger partial charge in [-0.15, -0.1) is 0 Å². The van der Waals surface area contributed by atoms with Crippen molar-refractivity contribution >= 4 is 0 Å². The Balaban J connectivity index is 1.82. The molecular weight excluding hydrogens is 170 g/mol. The molecule has 0 aromatic heterocycles. The molecule has 4 aliphatic rings. The first kappa shape index (κ1) is 9.21. The van der Waals surface area contributed by atoms with E-state index in [0.29, 0.717) is 10.8 Å². The van der Waals surface area contributed by atoms with E-state index in [0.717, 1.165) is 24.3 Å². The van der Waals surface area contributed by atoms with Gasteiger partial charge in [-0.3, -0.25) is 0 Å². The van der Waals surface area contributed by atoms with Crippen LogP contribution >= 0.6 is 0 Å². The summed E-state index contributed by atoms with van der Waals surface area (Å²) in [5, 5.41) is 0. The average molecular weight is 193 g/mol. The highest BCUT2D eigenvalue weighted by atomic mass is 14.7. The van der Waals surface area contributed by atoms with E-state index in [2.05, 4.69) is 13.8 Å². The number of nitrogens with two attached hydrogens (primary N) is 1. The smallest absolute Gasteiger partial charge is 0.00178 e. The number of fused-ring (bicyclic) bond motifs is 2. The maximum atomic E-state index is 5.97. The Labute approximate surface area is 87.4 Å². The van der Waals surface area contributed by atoms with Gasteiger partial charge >= 0.3 is 0 Å². The summed E-state index contributed by atoms with van der Waals surface area (Å²) in [6.07, 6.45) is 7.32. The molecule has 0 spiro atoms. The normalized spacial score (nSPS) is 46.9. The first-order chi connectivity index (χ1) is 6.60. The van der Waals surface area contributed by atoms with Gasteiger partial charge in [-0.2, -0.15) is 0 Å². The van der Waals surface area contributed by atoms with Crippen molar-refractivity contribution in [2.24, 2.45) is 34.3 Å². The topological polar surface area (TPSA) is 26.0 Å². The molecule has 0 saturated heterocycles. The molecule has 2 N–H and O–H groups in total. The molecule has 2 bridgehead atoms. The van der Waals surface area contributed by atoms with Crippen LogP contribution in [0.4, 0.5) is 0 Å². The molecule has 4 saturated carbocycles. The Morgan fingerprint density at radius 2 is 1.86 bits per heavy atom. The predicted molar refractivity (Wildman–Crippen MR) is 58.8 cm³/mol. The highest BCUT2D eigenvalue weighted by Crippen LogP contribution is 2.69. The lowest BCUT2D eigenvalue weighted by Crippen LogP contribution is -2.55. The van der Waals surface area contributed by atoms with Crippen LogP contribution in [0.15, 0.2) is 0 Å². The monoisotopic (exact) mass is 193 g/mol. The van der Waals surface area contributed by atoms with Crippen LogP contribution in [0.5, 0.6) is 0 Å². The van der Waals surface area contributed by atoms with Crippen LogP contribution in [0.2, 0.25) is 0 Å². The Bertz CT molecular complexity index is 250. The van der Waals surface area contributed by atoms with Crippen LogP contribution in [0.1, 0.15) is 46.0 Å². The summed E-state index contributed by atoms with van der Waals surface area (Å²) in [7, 11) is 0. The van der Waals surface area contributed by atoms with Gasteiger partial charge in [0, 0.05) is 0 Å². The Hall–Kier alpha value is -0.0400. The largest absolute Gasteiger partial charge is 0.330 e. The number of hydrogen-bond acceptors (Lipinski definition) is 1. The summed E-state index contributed by atoms with van der Waals surface area (Å²) in [4.78, 5) is 0. The first-order valence-electron chi connectivity index (χ1n) is 6.30. The molecule has 0 amide bonds. The van der Waals surface area contributed by atoms with Gasteiger partial charge in [0.15, 0.2) is 0 Å². The van der Waals surface area contributed by atoms with Crippen LogP contribution < -0.4 is 5.73 Å². The van der Waals surface area contributed by atoms with Crippen LogP contribution in [0, 0.1) is 28.6 Å². The zero-order chi connectivity index (χ0) is 9.97. The van der Waals surface area contributed by atoms with E-state index >= 15 is 0 Å². The molecule has 0 heterocycles. The second-order valence-electron chi connectivity index (χ2n) is 6.61. The van der Waals surface area contributed by atoms with Gasteiger partial charge in [0.25, 0.3) is 0 Å². The van der Waals surface area contributed by atoms with E-state index in [1.54, 1.807) is 0 Å². The third-order valence-corrected chi connectivity index (χ3v) is 5.94. The van der Waals surface area contributed by atoms with Crippen molar-refractivity contribution in [1.29, 1.82) is 0 Å². The average Bonchev–Trinajstić information content (AvgIpc) is 2.98. The summed E-state index contributed by atoms with van der Waals surface area (Å²) in [6, 6.07) is 0. The van der Waals surface area contributed by atoms with Crippen molar-refractivity contribution in [3.63, 3.8) is 0 Å². The molecule has 14 heavy (non-hydrogen) atoms. The van der Waals surface area contributed by atoms with E-state index in [1.165, 1.54) is 32.1 Å². The fourth-order valence-corrected chi connectivity index (χ4v) is 4.43. The molecule has 0 radical (unpaired) electrons. The molecular formula is C13H23N. The zero-order valence-corrected chi connectivity index (χ0v) is 9.55. The van der Waals surface area contributed by atoms with Gasteiger partial charge in [0.05, 0.1) is 0 Å². The van der Waals surface area contributed by atoms with Crippen LogP contribution in [-0.4, -0.2) is 6.54 Å². The predicted octanol–water partition coefficient (Wildman–Crippen LogP) is 2.80. The summed E-state index contributed by atoms with van der Waals surface area (Å²) >= 11 is 0. The highest BCUT2D eigenvalue weighted by molar-refractivity contribution is 5.11. The fraction of sp³-hybridized carbons (Fsp3) is 1.00. The fourth-order valence-electron chi connectivity index (χ4n) is 4.43. The van der Waals surface area contributed by atoms with Crippen molar-refractivity contribution in [3.05, 3.63) is 0 Å². The minimum atomic E-state index is 0.604. The molecule has 3 unspecified atom stereocenters. The molecule has 1 nitrogen and oxygen atoms in total. The molecule has 4 aliphatic carbocycles. The summed E-state index contributed by atoms with van der Waals surface area (Å²) in [6.45, 7) is 5.93. The molecule has 0 aromatic carbocycles. The van der Waals surface area contributed by atoms with E-state index in [4.69, 9.17) is 5.73 Å². The van der Waals surface area contributed by atoms with Gasteiger partial charge in [0.1, 0.15) is 0 Å². The standard InChI is InChI=1S/C13H23N/c1-12(2)9-3-4-10(11(12)7-9)13(8-14)5-6-13/h9-11H,3-8,14H2,1-2H3. The summed E-state index contributed by atoms with van der Waals surface area (Å²) in [5.41, 5.74) is 7.22. The van der Waals surface area contributed by atoms with E-state index in [-0.39, 0.29) is 0 Å². The SMILES string of the molecule is CC1(C)C2CCC(C3(CN)CC3)C1C2. The number of rotatable bonds is 2. The van der Waals surface area contributed by atoms with Gasteiger partial charge in [-0.25, -0.2) is 0 Å². The van der Waals surface area contributed by atoms with Gasteiger partial charge < -0.3 is 5.73 Å². The lowest BCUT2D eigenvalue weighted by Gasteiger charge is -2.62. The summed E-state index contributed by atoms with van der Waals surface area (Å²) < 4.78 is 0. The van der Waals surface area contributed by atoms with Crippen LogP contribution in [-0.2, 0) is 0 Å². The zero-order valence-electron chi connectivity index (χ0n) is 9.55. The molecule has 1 heteroatoms. The van der Waals surface area contributed by atoms with Crippen molar-refractivity contribution in [3.8, 4) is 0 Å². The third kappa shape index (κ3) is 0.946. The minimum absolute atomic E-state index is 0.604. The van der Waals surface area contributed by atoms with Crippen molar-refractivity contribution in [2.75, 3.05) is 6.54 Å². The van der Waals surface area contributed by atoms with E-state index in [9.17, 15) is 0 Å². The van der Waals surface area contributed by atoms with Gasteiger partial charge in [-0.1, -0.05) is 13.8 Å². The maximum Gasteiger partial charge on any atom is -0.00178 e. The second kappa shape index (κ2) is 2.55. The second-order valence-corrected chi connectivity index (χ2v) is 6.61. The lowest BCUT2D eigenvalue weighted by atomic mass is 9.43. The highest BCUT2D eigenvalue weighted by Gasteiger charge is 2.61. The number of hydrogen-bond donors (Lipinski definition) is 1. The molecule has 3 atom stereocenters. The Morgan fingerprint density at radius 1 is 1.14 bits per heavy atom. The van der Waals surface area contributed by atoms with Crippen LogP contribution in [0.3, 0.4) is 0 Å². The minimum Gasteiger partial charge on any atom is -0.330 e. The molecule has 0 aromatic rings. The molecule has 0 aliphatic heterocycles. The molecule has 4 rings (SSSR count). The third-order valence-electron chi connectivity index (χ3n) is 5.94. The molecule has 4 fully saturated rings. The Morgan fingerprint density at radius 3 is 2.29 bits per heavy atom. The van der Waals surface area contributed by atoms with Crippen LogP contribution in [0.25, 0.3) is 0 Å². The first-order valence-corrected chi connectivity index (χ1v) is 6.30.